The first kappa shape index (κ1) is 38.5. The summed E-state index contributed by atoms with van der Waals surface area (Å²) < 4.78 is 4.00. The molecule has 0 nitrogen and oxygen atoms in total. The fraction of sp³-hybridized carbons (Fsp3) is 0.523. The molecule has 0 heterocycles. The van der Waals surface area contributed by atoms with E-state index in [1.165, 1.54) is 50.1 Å². The van der Waals surface area contributed by atoms with Crippen molar-refractivity contribution in [3.8, 4) is 11.1 Å². The molecule has 4 aliphatic rings. The van der Waals surface area contributed by atoms with Crippen LogP contribution in [0.3, 0.4) is 0 Å². The second kappa shape index (κ2) is 11.9. The van der Waals surface area contributed by atoms with Crippen LogP contribution in [-0.4, -0.2) is 3.21 Å². The molecule has 252 valence electrons. The molecule has 47 heavy (non-hydrogen) atoms. The Morgan fingerprint density at radius 3 is 1.34 bits per heavy atom. The fourth-order valence-corrected chi connectivity index (χ4v) is 17.2. The summed E-state index contributed by atoms with van der Waals surface area (Å²) in [5, 5.41) is 0. The van der Waals surface area contributed by atoms with Crippen molar-refractivity contribution in [1.82, 2.24) is 0 Å². The minimum atomic E-state index is -2.41. The van der Waals surface area contributed by atoms with Gasteiger partial charge in [0.05, 0.1) is 0 Å². The standard InChI is InChI=1S/C31H37.C10H15.C3H6.2ClH.Zr/c1-28(2,3)26-16-30(7,8)24-12-18-11-19-13-25-23(15-21(19)20(18)14-22(24)26)27(29(4,5)6)17-31(25,9)10;1-8-5-6-9(7-8)10(2,3)4;1-3-2;;;/h11-17H,1-10H3;6-8H,1-4H3;1-2H3;2*1H;/q;;;;;+2/p-2. The monoisotopic (exact) mass is 746 g/mol. The molecule has 2 aromatic carbocycles. The van der Waals surface area contributed by atoms with Gasteiger partial charge in [-0.05, 0) is 0 Å². The van der Waals surface area contributed by atoms with Crippen LogP contribution in [0.2, 0.25) is 0 Å². The second-order valence-electron chi connectivity index (χ2n) is 19.1. The summed E-state index contributed by atoms with van der Waals surface area (Å²) in [6.07, 6.45) is 10.4. The van der Waals surface area contributed by atoms with E-state index in [-0.39, 0.29) is 51.9 Å². The number of fused-ring (bicyclic) bond motifs is 5. The zero-order chi connectivity index (χ0) is 33.4. The third-order valence-corrected chi connectivity index (χ3v) is 19.7. The van der Waals surface area contributed by atoms with E-state index in [1.54, 1.807) is 17.6 Å². The van der Waals surface area contributed by atoms with Gasteiger partial charge >= 0.3 is 285 Å². The summed E-state index contributed by atoms with van der Waals surface area (Å²) >= 11 is -2.41. The van der Waals surface area contributed by atoms with Crippen LogP contribution in [0.5, 0.6) is 0 Å². The molecule has 0 amide bonds. The Morgan fingerprint density at radius 1 is 0.617 bits per heavy atom. The van der Waals surface area contributed by atoms with E-state index < -0.39 is 21.3 Å². The average molecular weight is 749 g/mol. The number of hydrogen-bond donors (Lipinski definition) is 0. The summed E-state index contributed by atoms with van der Waals surface area (Å²) in [7, 11) is 0. The molecule has 0 aliphatic heterocycles. The van der Waals surface area contributed by atoms with Crippen LogP contribution in [0.4, 0.5) is 0 Å². The molecule has 4 aliphatic carbocycles. The minimum Gasteiger partial charge on any atom is -1.00 e. The van der Waals surface area contributed by atoms with Crippen LogP contribution in [0.15, 0.2) is 57.4 Å². The molecule has 1 unspecified atom stereocenters. The van der Waals surface area contributed by atoms with Crippen molar-refractivity contribution in [2.45, 2.75) is 125 Å². The molecule has 0 N–H and O–H groups in total. The Bertz CT molecular complexity index is 1710. The van der Waals surface area contributed by atoms with Crippen LogP contribution in [0.25, 0.3) is 22.3 Å². The fourth-order valence-electron chi connectivity index (χ4n) is 8.68. The van der Waals surface area contributed by atoms with Gasteiger partial charge in [-0.25, -0.2) is 0 Å². The number of halogens is 2. The van der Waals surface area contributed by atoms with Crippen molar-refractivity contribution in [2.75, 3.05) is 0 Å². The van der Waals surface area contributed by atoms with Crippen molar-refractivity contribution in [3.05, 3.63) is 90.8 Å². The molecule has 2 aromatic rings. The third-order valence-electron chi connectivity index (χ3n) is 11.1. The molecule has 0 fully saturated rings. The summed E-state index contributed by atoms with van der Waals surface area (Å²) in [6, 6.07) is 10.7. The molecule has 0 saturated heterocycles. The number of hydrogen-bond acceptors (Lipinski definition) is 0. The van der Waals surface area contributed by atoms with E-state index >= 15 is 0 Å². The molecule has 1 atom stereocenters. The van der Waals surface area contributed by atoms with Gasteiger partial charge < -0.3 is 24.8 Å². The van der Waals surface area contributed by atoms with Gasteiger partial charge in [-0.2, -0.15) is 0 Å². The van der Waals surface area contributed by atoms with E-state index in [0.717, 1.165) is 0 Å². The van der Waals surface area contributed by atoms with E-state index in [9.17, 15) is 0 Å². The van der Waals surface area contributed by atoms with E-state index in [1.807, 2.05) is 0 Å². The Balaban J connectivity index is 0.00000250. The third kappa shape index (κ3) is 6.21. The molecule has 0 spiro atoms. The smallest absolute Gasteiger partial charge is 1.00 e. The van der Waals surface area contributed by atoms with E-state index in [2.05, 4.69) is 159 Å². The average Bonchev–Trinajstić information content (AvgIpc) is 3.57. The quantitative estimate of drug-likeness (QED) is 0.328. The van der Waals surface area contributed by atoms with Gasteiger partial charge in [-0.1, -0.05) is 0 Å². The summed E-state index contributed by atoms with van der Waals surface area (Å²) in [6.45, 7) is 38.6. The van der Waals surface area contributed by atoms with Crippen LogP contribution >= 0.6 is 0 Å². The number of benzene rings is 2. The Morgan fingerprint density at radius 2 is 1.02 bits per heavy atom. The Hall–Kier alpha value is -1.27. The summed E-state index contributed by atoms with van der Waals surface area (Å²) in [4.78, 5) is 0. The maximum atomic E-state index is 2.70. The van der Waals surface area contributed by atoms with Crippen molar-refractivity contribution < 1.29 is 46.1 Å². The first-order valence-electron chi connectivity index (χ1n) is 17.4. The maximum Gasteiger partial charge on any atom is -1.00 e. The molecule has 0 saturated carbocycles. The first-order chi connectivity index (χ1) is 20.4. The first-order valence-corrected chi connectivity index (χ1v) is 21.3. The predicted molar refractivity (Wildman–Crippen MR) is 196 cm³/mol. The predicted octanol–water partition coefficient (Wildman–Crippen LogP) is 6.54. The second-order valence-corrected chi connectivity index (χ2v) is 26.5. The van der Waals surface area contributed by atoms with Crippen molar-refractivity contribution in [2.24, 2.45) is 22.2 Å². The van der Waals surface area contributed by atoms with Crippen LogP contribution in [0, 0.1) is 22.2 Å². The minimum absolute atomic E-state index is 0. The summed E-state index contributed by atoms with van der Waals surface area (Å²) in [5.41, 5.74) is 17.3. The molecule has 0 radical (unpaired) electrons. The van der Waals surface area contributed by atoms with Gasteiger partial charge in [-0.15, -0.1) is 0 Å². The topological polar surface area (TPSA) is 0 Å². The Kier molecular flexibility index (Phi) is 9.77. The van der Waals surface area contributed by atoms with Gasteiger partial charge in [0.15, 0.2) is 0 Å². The largest absolute Gasteiger partial charge is 1.00 e. The molecule has 6 rings (SSSR count). The molecular formula is C44H58Cl2Zr. The van der Waals surface area contributed by atoms with Crippen molar-refractivity contribution >= 4 is 14.4 Å². The summed E-state index contributed by atoms with van der Waals surface area (Å²) in [5.74, 6) is 0.524. The van der Waals surface area contributed by atoms with Gasteiger partial charge in [0.2, 0.25) is 0 Å². The number of rotatable bonds is 2. The molecule has 3 heteroatoms. The molecular weight excluding hydrogens is 691 g/mol. The van der Waals surface area contributed by atoms with Gasteiger partial charge in [0.1, 0.15) is 0 Å². The van der Waals surface area contributed by atoms with Crippen LogP contribution < -0.4 is 24.8 Å². The van der Waals surface area contributed by atoms with Gasteiger partial charge in [0.25, 0.3) is 0 Å². The zero-order valence-electron chi connectivity index (χ0n) is 32.0. The maximum absolute atomic E-state index is 2.70. The Labute approximate surface area is 307 Å². The zero-order valence-corrected chi connectivity index (χ0v) is 36.0. The van der Waals surface area contributed by atoms with Gasteiger partial charge in [0, 0.05) is 0 Å². The van der Waals surface area contributed by atoms with E-state index in [0.29, 0.717) is 9.54 Å². The SMILES string of the molecule is C[C](C)=[Zr+2]([C]1=CC(C(C)(C)C)=CC1C)[CH]1c2cc3c(cc2-c2cc4c(cc21)C(C)(C)C=C4C(C)(C)C)C(C(C)(C)C)=CC3(C)C.[Cl-].[Cl-]. The van der Waals surface area contributed by atoms with E-state index in [4.69, 9.17) is 0 Å². The van der Waals surface area contributed by atoms with Crippen LogP contribution in [0.1, 0.15) is 148 Å². The molecule has 0 aromatic heterocycles. The molecule has 0 bridgehead atoms. The van der Waals surface area contributed by atoms with Gasteiger partial charge in [-0.3, -0.25) is 0 Å². The number of allylic oxidation sites excluding steroid dienone is 8. The van der Waals surface area contributed by atoms with Crippen molar-refractivity contribution in [3.63, 3.8) is 0 Å². The van der Waals surface area contributed by atoms with Crippen LogP contribution in [-0.2, 0) is 32.1 Å². The van der Waals surface area contributed by atoms with Crippen molar-refractivity contribution in [1.29, 1.82) is 0 Å². The normalized spacial score (nSPS) is 20.4.